The molecule has 8 heteroatoms. The fourth-order valence-electron chi connectivity index (χ4n) is 4.55. The van der Waals surface area contributed by atoms with E-state index in [9.17, 15) is 19.2 Å². The summed E-state index contributed by atoms with van der Waals surface area (Å²) in [5, 5.41) is 13.0. The van der Waals surface area contributed by atoms with Gasteiger partial charge in [-0.3, -0.25) is 4.79 Å². The number of carbonyl (C=O) groups is 2. The molecule has 3 aromatic rings. The summed E-state index contributed by atoms with van der Waals surface area (Å²) in [5.74, 6) is -0.737. The average Bonchev–Trinajstić information content (AvgIpc) is 3.23. The van der Waals surface area contributed by atoms with Crippen molar-refractivity contribution in [3.63, 3.8) is 0 Å². The topological polar surface area (TPSA) is 88.4 Å². The van der Waals surface area contributed by atoms with Crippen molar-refractivity contribution in [1.29, 1.82) is 5.26 Å². The molecule has 196 valence electrons. The summed E-state index contributed by atoms with van der Waals surface area (Å²) in [5.41, 5.74) is 1.54. The molecule has 1 aromatic heterocycles. The second-order valence-electron chi connectivity index (χ2n) is 9.70. The van der Waals surface area contributed by atoms with Crippen LogP contribution in [0.1, 0.15) is 65.0 Å². The minimum atomic E-state index is -0.815. The number of benzene rings is 2. The van der Waals surface area contributed by atoms with Gasteiger partial charge in [0, 0.05) is 11.0 Å². The highest BCUT2D eigenvalue weighted by Gasteiger charge is 2.30. The third-order valence-corrected chi connectivity index (χ3v) is 7.51. The van der Waals surface area contributed by atoms with Gasteiger partial charge in [0.05, 0.1) is 11.1 Å². The molecule has 1 atom stereocenters. The van der Waals surface area contributed by atoms with Crippen molar-refractivity contribution in [3.05, 3.63) is 93.6 Å². The highest BCUT2D eigenvalue weighted by molar-refractivity contribution is 7.16. The lowest BCUT2D eigenvalue weighted by Crippen LogP contribution is -2.34. The maximum Gasteiger partial charge on any atom is 0.331 e. The standard InChI is InChI=1S/C30H29FN2O4S/c1-4-9-27(34)37-30(2,3)18-36-25-13-8-6-10-20(25)19-14-15-21-23(17-32)29(38-26(21)16-19)33-28(35)22-11-5-7-12-24(22)31/h4-13,19H,14-16,18H2,1-3H3,(H,33,35)/b9-4+. The van der Waals surface area contributed by atoms with Gasteiger partial charge in [0.1, 0.15) is 34.8 Å². The van der Waals surface area contributed by atoms with Gasteiger partial charge in [0.15, 0.2) is 0 Å². The van der Waals surface area contributed by atoms with Gasteiger partial charge < -0.3 is 14.8 Å². The maximum absolute atomic E-state index is 14.1. The summed E-state index contributed by atoms with van der Waals surface area (Å²) < 4.78 is 25.7. The first-order valence-corrected chi connectivity index (χ1v) is 13.2. The number of allylic oxidation sites excluding steroid dienone is 1. The molecular formula is C30H29FN2O4S. The van der Waals surface area contributed by atoms with E-state index in [0.717, 1.165) is 28.2 Å². The molecule has 1 aliphatic carbocycles. The molecule has 38 heavy (non-hydrogen) atoms. The van der Waals surface area contributed by atoms with E-state index in [1.807, 2.05) is 24.3 Å². The molecule has 4 rings (SSSR count). The van der Waals surface area contributed by atoms with E-state index < -0.39 is 23.3 Å². The molecule has 0 radical (unpaired) electrons. The zero-order chi connectivity index (χ0) is 27.3. The van der Waals surface area contributed by atoms with Gasteiger partial charge in [-0.1, -0.05) is 36.4 Å². The first kappa shape index (κ1) is 27.1. The van der Waals surface area contributed by atoms with E-state index in [1.54, 1.807) is 32.9 Å². The monoisotopic (exact) mass is 532 g/mol. The number of thiophene rings is 1. The van der Waals surface area contributed by atoms with Crippen molar-refractivity contribution in [1.82, 2.24) is 0 Å². The summed E-state index contributed by atoms with van der Waals surface area (Å²) in [4.78, 5) is 25.6. The number of ether oxygens (including phenoxy) is 2. The first-order valence-electron chi connectivity index (χ1n) is 12.4. The number of hydrogen-bond acceptors (Lipinski definition) is 6. The number of nitriles is 1. The predicted octanol–water partition coefficient (Wildman–Crippen LogP) is 6.56. The molecule has 1 aliphatic rings. The summed E-state index contributed by atoms with van der Waals surface area (Å²) in [6.45, 7) is 5.55. The number of anilines is 1. The van der Waals surface area contributed by atoms with E-state index in [1.165, 1.54) is 35.6 Å². The van der Waals surface area contributed by atoms with E-state index in [-0.39, 0.29) is 18.1 Å². The number of halogens is 1. The Bertz CT molecular complexity index is 1420. The number of fused-ring (bicyclic) bond motifs is 1. The first-order chi connectivity index (χ1) is 18.2. The van der Waals surface area contributed by atoms with Gasteiger partial charge in [0.2, 0.25) is 0 Å². The van der Waals surface area contributed by atoms with E-state index in [2.05, 4.69) is 11.4 Å². The Balaban J connectivity index is 1.51. The molecule has 1 N–H and O–H groups in total. The molecule has 0 fully saturated rings. The quantitative estimate of drug-likeness (QED) is 0.262. The number of nitrogens with one attached hydrogen (secondary N) is 1. The minimum Gasteiger partial charge on any atom is -0.489 e. The fraction of sp³-hybridized carbons (Fsp3) is 0.300. The Morgan fingerprint density at radius 3 is 2.68 bits per heavy atom. The SMILES string of the molecule is C/C=C/C(=O)OC(C)(C)COc1ccccc1C1CCc2c(sc(NC(=O)c3ccccc3F)c2C#N)C1. The van der Waals surface area contributed by atoms with Crippen LogP contribution in [0.3, 0.4) is 0 Å². The lowest BCUT2D eigenvalue weighted by atomic mass is 9.82. The molecule has 0 aliphatic heterocycles. The zero-order valence-electron chi connectivity index (χ0n) is 21.5. The van der Waals surface area contributed by atoms with Crippen LogP contribution in [0.2, 0.25) is 0 Å². The van der Waals surface area contributed by atoms with E-state index in [0.29, 0.717) is 23.4 Å². The van der Waals surface area contributed by atoms with Gasteiger partial charge in [-0.05, 0) is 75.3 Å². The third-order valence-electron chi connectivity index (χ3n) is 6.34. The van der Waals surface area contributed by atoms with Crippen molar-refractivity contribution in [2.75, 3.05) is 11.9 Å². The van der Waals surface area contributed by atoms with E-state index in [4.69, 9.17) is 9.47 Å². The highest BCUT2D eigenvalue weighted by atomic mass is 32.1. The summed E-state index contributed by atoms with van der Waals surface area (Å²) in [7, 11) is 0. The number of nitrogens with zero attached hydrogens (tertiary/aromatic N) is 1. The number of para-hydroxylation sites is 1. The Kier molecular flexibility index (Phi) is 8.28. The third kappa shape index (κ3) is 6.12. The molecule has 0 spiro atoms. The lowest BCUT2D eigenvalue weighted by molar-refractivity contribution is -0.152. The van der Waals surface area contributed by atoms with Crippen LogP contribution in [0.25, 0.3) is 0 Å². The van der Waals surface area contributed by atoms with Gasteiger partial charge in [0.25, 0.3) is 5.91 Å². The molecule has 1 amide bonds. The number of amides is 1. The maximum atomic E-state index is 14.1. The van der Waals surface area contributed by atoms with Crippen LogP contribution in [0.15, 0.2) is 60.7 Å². The van der Waals surface area contributed by atoms with Crippen molar-refractivity contribution in [3.8, 4) is 11.8 Å². The van der Waals surface area contributed by atoms with Crippen LogP contribution >= 0.6 is 11.3 Å². The summed E-state index contributed by atoms with van der Waals surface area (Å²) in [6.07, 6.45) is 5.17. The van der Waals surface area contributed by atoms with Crippen LogP contribution in [0.5, 0.6) is 5.75 Å². The molecule has 1 heterocycles. The van der Waals surface area contributed by atoms with Crippen LogP contribution < -0.4 is 10.1 Å². The predicted molar refractivity (Wildman–Crippen MR) is 145 cm³/mol. The Morgan fingerprint density at radius 1 is 1.21 bits per heavy atom. The fourth-order valence-corrected chi connectivity index (χ4v) is 5.82. The van der Waals surface area contributed by atoms with Gasteiger partial charge in [-0.25, -0.2) is 9.18 Å². The second-order valence-corrected chi connectivity index (χ2v) is 10.8. The van der Waals surface area contributed by atoms with Gasteiger partial charge in [-0.2, -0.15) is 5.26 Å². The Morgan fingerprint density at radius 2 is 1.95 bits per heavy atom. The number of carbonyl (C=O) groups excluding carboxylic acids is 2. The van der Waals surface area contributed by atoms with Crippen LogP contribution in [0.4, 0.5) is 9.39 Å². The number of hydrogen-bond donors (Lipinski definition) is 1. The van der Waals surface area contributed by atoms with E-state index >= 15 is 0 Å². The van der Waals surface area contributed by atoms with Crippen LogP contribution in [-0.2, 0) is 22.4 Å². The molecule has 0 saturated carbocycles. The van der Waals surface area contributed by atoms with Gasteiger partial charge >= 0.3 is 5.97 Å². The van der Waals surface area contributed by atoms with Crippen molar-refractivity contribution in [2.45, 2.75) is 51.6 Å². The molecule has 1 unspecified atom stereocenters. The summed E-state index contributed by atoms with van der Waals surface area (Å²) in [6, 6.07) is 15.8. The van der Waals surface area contributed by atoms with Crippen LogP contribution in [0, 0.1) is 17.1 Å². The van der Waals surface area contributed by atoms with Crippen molar-refractivity contribution >= 4 is 28.2 Å². The Hall–Kier alpha value is -3.96. The Labute approximate surface area is 225 Å². The number of esters is 1. The smallest absolute Gasteiger partial charge is 0.331 e. The van der Waals surface area contributed by atoms with Crippen molar-refractivity contribution < 1.29 is 23.5 Å². The normalized spacial score (nSPS) is 15.0. The molecule has 0 bridgehead atoms. The molecule has 2 aromatic carbocycles. The zero-order valence-corrected chi connectivity index (χ0v) is 22.4. The second kappa shape index (κ2) is 11.6. The lowest BCUT2D eigenvalue weighted by Gasteiger charge is -2.28. The highest BCUT2D eigenvalue weighted by Crippen LogP contribution is 2.44. The van der Waals surface area contributed by atoms with Crippen molar-refractivity contribution in [2.24, 2.45) is 0 Å². The van der Waals surface area contributed by atoms with Gasteiger partial charge in [-0.15, -0.1) is 11.3 Å². The van der Waals surface area contributed by atoms with Crippen LogP contribution in [-0.4, -0.2) is 24.1 Å². The largest absolute Gasteiger partial charge is 0.489 e. The number of rotatable bonds is 8. The minimum absolute atomic E-state index is 0.0639. The molecular weight excluding hydrogens is 503 g/mol. The molecule has 6 nitrogen and oxygen atoms in total. The summed E-state index contributed by atoms with van der Waals surface area (Å²) >= 11 is 1.37. The average molecular weight is 533 g/mol. The molecule has 0 saturated heterocycles.